The lowest BCUT2D eigenvalue weighted by Gasteiger charge is -2.06. The topological polar surface area (TPSA) is 53.6 Å². The third-order valence-corrected chi connectivity index (χ3v) is 3.92. The van der Waals surface area contributed by atoms with Crippen LogP contribution in [0.2, 0.25) is 0 Å². The largest absolute Gasteiger partial charge is 0.354 e. The molecule has 1 atom stereocenters. The predicted molar refractivity (Wildman–Crippen MR) is 79.3 cm³/mol. The predicted octanol–water partition coefficient (Wildman–Crippen LogP) is 3.05. The van der Waals surface area contributed by atoms with Crippen LogP contribution in [0.1, 0.15) is 24.6 Å². The van der Waals surface area contributed by atoms with E-state index >= 15 is 0 Å². The van der Waals surface area contributed by atoms with Gasteiger partial charge in [0.1, 0.15) is 6.33 Å². The summed E-state index contributed by atoms with van der Waals surface area (Å²) in [6.45, 7) is 1.09. The highest BCUT2D eigenvalue weighted by molar-refractivity contribution is 5.89. The summed E-state index contributed by atoms with van der Waals surface area (Å²) in [4.78, 5) is 12.4. The van der Waals surface area contributed by atoms with Crippen molar-refractivity contribution in [1.82, 2.24) is 20.3 Å². The fourth-order valence-corrected chi connectivity index (χ4v) is 2.91. The van der Waals surface area contributed by atoms with Gasteiger partial charge in [-0.2, -0.15) is 0 Å². The molecule has 100 valence electrons. The van der Waals surface area contributed by atoms with E-state index in [9.17, 15) is 0 Å². The molecule has 4 rings (SSSR count). The van der Waals surface area contributed by atoms with E-state index in [2.05, 4.69) is 38.5 Å². The minimum absolute atomic E-state index is 0.424. The number of nitrogens with one attached hydrogen (secondary N) is 2. The Morgan fingerprint density at radius 2 is 2.00 bits per heavy atom. The average molecular weight is 264 g/mol. The molecule has 1 aliphatic rings. The van der Waals surface area contributed by atoms with Crippen molar-refractivity contribution in [2.45, 2.75) is 18.9 Å². The van der Waals surface area contributed by atoms with Gasteiger partial charge in [-0.05, 0) is 25.5 Å². The van der Waals surface area contributed by atoms with Crippen LogP contribution in [0.25, 0.3) is 22.3 Å². The summed E-state index contributed by atoms with van der Waals surface area (Å²) in [6, 6.07) is 12.8. The van der Waals surface area contributed by atoms with Gasteiger partial charge >= 0.3 is 0 Å². The lowest BCUT2D eigenvalue weighted by atomic mass is 10.1. The summed E-state index contributed by atoms with van der Waals surface area (Å²) in [5, 5.41) is 3.51. The van der Waals surface area contributed by atoms with Crippen molar-refractivity contribution in [3.8, 4) is 11.3 Å². The van der Waals surface area contributed by atoms with Crippen molar-refractivity contribution in [1.29, 1.82) is 0 Å². The van der Waals surface area contributed by atoms with Crippen molar-refractivity contribution in [3.05, 3.63) is 48.4 Å². The zero-order valence-electron chi connectivity index (χ0n) is 11.1. The fourth-order valence-electron chi connectivity index (χ4n) is 2.91. The van der Waals surface area contributed by atoms with E-state index in [0.717, 1.165) is 28.8 Å². The Morgan fingerprint density at radius 1 is 1.10 bits per heavy atom. The second-order valence-corrected chi connectivity index (χ2v) is 5.22. The van der Waals surface area contributed by atoms with E-state index < -0.39 is 0 Å². The summed E-state index contributed by atoms with van der Waals surface area (Å²) >= 11 is 0. The number of rotatable bonds is 2. The van der Waals surface area contributed by atoms with Crippen LogP contribution in [-0.4, -0.2) is 21.5 Å². The highest BCUT2D eigenvalue weighted by atomic mass is 15.0. The number of hydrogen-bond acceptors (Lipinski definition) is 3. The van der Waals surface area contributed by atoms with E-state index in [-0.39, 0.29) is 0 Å². The zero-order valence-corrected chi connectivity index (χ0v) is 11.1. The number of fused-ring (bicyclic) bond motifs is 1. The lowest BCUT2D eigenvalue weighted by Crippen LogP contribution is -2.12. The van der Waals surface area contributed by atoms with Crippen molar-refractivity contribution >= 4 is 11.0 Å². The molecule has 3 heterocycles. The summed E-state index contributed by atoms with van der Waals surface area (Å²) < 4.78 is 0. The van der Waals surface area contributed by atoms with Crippen LogP contribution in [0.5, 0.6) is 0 Å². The van der Waals surface area contributed by atoms with E-state index in [1.165, 1.54) is 18.5 Å². The number of H-pyrrole nitrogens is 1. The molecular weight excluding hydrogens is 248 g/mol. The second-order valence-electron chi connectivity index (χ2n) is 5.22. The molecule has 4 nitrogen and oxygen atoms in total. The zero-order chi connectivity index (χ0) is 13.4. The summed E-state index contributed by atoms with van der Waals surface area (Å²) in [6.07, 6.45) is 4.06. The van der Waals surface area contributed by atoms with Crippen LogP contribution in [0.4, 0.5) is 0 Å². The number of aromatic nitrogens is 3. The Morgan fingerprint density at radius 3 is 2.80 bits per heavy atom. The molecule has 0 aliphatic carbocycles. The molecule has 0 spiro atoms. The van der Waals surface area contributed by atoms with Gasteiger partial charge in [0.2, 0.25) is 0 Å². The van der Waals surface area contributed by atoms with Gasteiger partial charge in [0, 0.05) is 17.3 Å². The highest BCUT2D eigenvalue weighted by Crippen LogP contribution is 2.29. The summed E-state index contributed by atoms with van der Waals surface area (Å²) in [5.41, 5.74) is 5.33. The minimum atomic E-state index is 0.424. The molecule has 1 aliphatic heterocycles. The maximum absolute atomic E-state index is 4.45. The minimum Gasteiger partial charge on any atom is -0.354 e. The van der Waals surface area contributed by atoms with Crippen LogP contribution in [-0.2, 0) is 0 Å². The molecular formula is C16H16N4. The first-order valence-electron chi connectivity index (χ1n) is 7.04. The molecule has 0 bridgehead atoms. The van der Waals surface area contributed by atoms with Crippen LogP contribution in [0, 0.1) is 0 Å². The molecule has 1 unspecified atom stereocenters. The van der Waals surface area contributed by atoms with Gasteiger partial charge in [0.15, 0.2) is 0 Å². The van der Waals surface area contributed by atoms with Gasteiger partial charge < -0.3 is 10.3 Å². The SMILES string of the molecule is c1ccc(-c2ncnc3cc(C4CCCN4)[nH]c23)cc1. The number of aromatic amines is 1. The molecule has 4 heteroatoms. The third-order valence-electron chi connectivity index (χ3n) is 3.92. The quantitative estimate of drug-likeness (QED) is 0.748. The van der Waals surface area contributed by atoms with E-state index in [0.29, 0.717) is 6.04 Å². The van der Waals surface area contributed by atoms with E-state index in [1.54, 1.807) is 6.33 Å². The van der Waals surface area contributed by atoms with Crippen molar-refractivity contribution in [2.75, 3.05) is 6.54 Å². The van der Waals surface area contributed by atoms with Crippen LogP contribution >= 0.6 is 0 Å². The third kappa shape index (κ3) is 1.89. The van der Waals surface area contributed by atoms with Crippen LogP contribution in [0.15, 0.2) is 42.7 Å². The number of benzene rings is 1. The fraction of sp³-hybridized carbons (Fsp3) is 0.250. The maximum atomic E-state index is 4.45. The van der Waals surface area contributed by atoms with Crippen molar-refractivity contribution in [3.63, 3.8) is 0 Å². The highest BCUT2D eigenvalue weighted by Gasteiger charge is 2.19. The first-order valence-corrected chi connectivity index (χ1v) is 7.04. The molecule has 1 fully saturated rings. The normalized spacial score (nSPS) is 18.7. The van der Waals surface area contributed by atoms with E-state index in [4.69, 9.17) is 0 Å². The summed E-state index contributed by atoms with van der Waals surface area (Å²) in [5.74, 6) is 0. The smallest absolute Gasteiger partial charge is 0.116 e. The number of nitrogens with zero attached hydrogens (tertiary/aromatic N) is 2. The maximum Gasteiger partial charge on any atom is 0.116 e. The van der Waals surface area contributed by atoms with Crippen molar-refractivity contribution in [2.24, 2.45) is 0 Å². The molecule has 0 radical (unpaired) electrons. The Kier molecular flexibility index (Phi) is 2.74. The van der Waals surface area contributed by atoms with Crippen LogP contribution in [0.3, 0.4) is 0 Å². The molecule has 0 saturated carbocycles. The van der Waals surface area contributed by atoms with Gasteiger partial charge in [-0.1, -0.05) is 30.3 Å². The van der Waals surface area contributed by atoms with Gasteiger partial charge in [-0.3, -0.25) is 0 Å². The summed E-state index contributed by atoms with van der Waals surface area (Å²) in [7, 11) is 0. The molecule has 1 aromatic carbocycles. The molecule has 0 amide bonds. The standard InChI is InChI=1S/C16H16N4/c1-2-5-11(6-3-1)15-16-14(18-10-19-15)9-13(20-16)12-7-4-8-17-12/h1-3,5-6,9-10,12,17,20H,4,7-8H2. The molecule has 3 aromatic rings. The monoisotopic (exact) mass is 264 g/mol. The molecule has 2 aromatic heterocycles. The molecule has 20 heavy (non-hydrogen) atoms. The first-order chi connectivity index (χ1) is 9.92. The van der Waals surface area contributed by atoms with Gasteiger partial charge in [0.05, 0.1) is 16.7 Å². The van der Waals surface area contributed by atoms with Gasteiger partial charge in [-0.25, -0.2) is 9.97 Å². The Balaban J connectivity index is 1.85. The Bertz CT molecular complexity index is 727. The average Bonchev–Trinajstić information content (AvgIpc) is 3.16. The van der Waals surface area contributed by atoms with Gasteiger partial charge in [-0.15, -0.1) is 0 Å². The van der Waals surface area contributed by atoms with Crippen molar-refractivity contribution < 1.29 is 0 Å². The van der Waals surface area contributed by atoms with E-state index in [1.807, 2.05) is 18.2 Å². The Labute approximate surface area is 117 Å². The number of hydrogen-bond donors (Lipinski definition) is 2. The molecule has 1 saturated heterocycles. The van der Waals surface area contributed by atoms with Gasteiger partial charge in [0.25, 0.3) is 0 Å². The first kappa shape index (κ1) is 11.6. The second kappa shape index (κ2) is 4.72. The molecule has 2 N–H and O–H groups in total. The Hall–Kier alpha value is -2.20. The van der Waals surface area contributed by atoms with Crippen LogP contribution < -0.4 is 5.32 Å². The lowest BCUT2D eigenvalue weighted by molar-refractivity contribution is 0.633.